The van der Waals surface area contributed by atoms with Crippen molar-refractivity contribution in [2.24, 2.45) is 17.6 Å². The van der Waals surface area contributed by atoms with Gasteiger partial charge in [0.2, 0.25) is 17.7 Å². The number of nitrogens with one attached hydrogen (secondary N) is 6. The highest BCUT2D eigenvalue weighted by atomic mass is 19.1. The van der Waals surface area contributed by atoms with Crippen molar-refractivity contribution in [1.82, 2.24) is 31.9 Å². The largest absolute Gasteiger partial charge is 0.488 e. The summed E-state index contributed by atoms with van der Waals surface area (Å²) in [7, 11) is -0.283. The monoisotopic (exact) mass is 697 g/mol. The van der Waals surface area contributed by atoms with E-state index in [-0.39, 0.29) is 55.1 Å². The topological polar surface area (TPSA) is 242 Å². The van der Waals surface area contributed by atoms with Gasteiger partial charge in [0.25, 0.3) is 5.91 Å². The van der Waals surface area contributed by atoms with Gasteiger partial charge in [-0.05, 0) is 24.0 Å². The molecular weight excluding hydrogens is 644 g/mol. The molecule has 1 aromatic carbocycles. The fourth-order valence-electron chi connectivity index (χ4n) is 4.40. The Kier molecular flexibility index (Phi) is 23.4. The summed E-state index contributed by atoms with van der Waals surface area (Å²) < 4.78 is 24.4. The highest BCUT2D eigenvalue weighted by molar-refractivity contribution is 6.58. The first-order valence-corrected chi connectivity index (χ1v) is 16.5. The fraction of sp³-hybridized carbons (Fsp3) is 0.645. The van der Waals surface area contributed by atoms with Crippen LogP contribution >= 0.6 is 0 Å². The number of methoxy groups -OCH3 is 1. The Balaban J connectivity index is 2.53. The second-order valence-corrected chi connectivity index (χ2v) is 11.3. The van der Waals surface area contributed by atoms with Crippen LogP contribution in [0.1, 0.15) is 43.0 Å². The molecular formula is C31H53BFN7O9. The predicted octanol–water partition coefficient (Wildman–Crippen LogP) is -3.23. The fourth-order valence-corrected chi connectivity index (χ4v) is 4.40. The van der Waals surface area contributed by atoms with Crippen molar-refractivity contribution < 1.29 is 47.9 Å². The van der Waals surface area contributed by atoms with Crippen LogP contribution in [0.25, 0.3) is 0 Å². The Bertz CT molecular complexity index is 1170. The van der Waals surface area contributed by atoms with Gasteiger partial charge in [-0.2, -0.15) is 0 Å². The van der Waals surface area contributed by atoms with E-state index in [0.29, 0.717) is 72.1 Å². The summed E-state index contributed by atoms with van der Waals surface area (Å²) in [5.74, 6) is -4.64. The molecule has 18 heteroatoms. The normalized spacial score (nSPS) is 12.1. The molecule has 16 nitrogen and oxygen atoms in total. The number of carbonyl (C=O) groups excluding carboxylic acids is 5. The number of hydrogen-bond acceptors (Lipinski definition) is 12. The number of carbonyl (C=O) groups is 5. The van der Waals surface area contributed by atoms with E-state index >= 15 is 0 Å². The molecule has 0 saturated heterocycles. The van der Waals surface area contributed by atoms with Crippen molar-refractivity contribution in [2.45, 2.75) is 32.6 Å². The first kappa shape index (κ1) is 43.5. The van der Waals surface area contributed by atoms with Gasteiger partial charge in [0, 0.05) is 97.8 Å². The standard InChI is InChI=1S/C31H53BFN7O9/c1-22(18-28(42)37-12-9-35-8-6-34)27(41)19-23(30(44)39-7-3-15-49-17-16-48-2)20-29(43)38-13-10-36-11-14-40-31(45)25-5-4-24(32(46)47)21-26(25)33/h4-5,21-23,35-36,46-47H,3,6-20,34H2,1-2H3,(H,37,42)(H,38,43)(H,39,44)(H,40,45). The maximum absolute atomic E-state index is 14.1. The summed E-state index contributed by atoms with van der Waals surface area (Å²) in [4.78, 5) is 63.2. The molecule has 10 N–H and O–H groups in total. The molecule has 1 aromatic rings. The summed E-state index contributed by atoms with van der Waals surface area (Å²) in [6.07, 6.45) is 0.0375. The second kappa shape index (κ2) is 26.4. The van der Waals surface area contributed by atoms with Gasteiger partial charge in [0.15, 0.2) is 0 Å². The Morgan fingerprint density at radius 2 is 1.45 bits per heavy atom. The van der Waals surface area contributed by atoms with Crippen LogP contribution < -0.4 is 43.1 Å². The Labute approximate surface area is 287 Å². The summed E-state index contributed by atoms with van der Waals surface area (Å²) in [6, 6.07) is 3.27. The number of ketones is 1. The number of rotatable bonds is 28. The van der Waals surface area contributed by atoms with Gasteiger partial charge in [-0.3, -0.25) is 24.0 Å². The van der Waals surface area contributed by atoms with Crippen molar-refractivity contribution in [3.8, 4) is 0 Å². The molecule has 0 aromatic heterocycles. The quantitative estimate of drug-likeness (QED) is 0.0310. The lowest BCUT2D eigenvalue weighted by Crippen LogP contribution is -2.40. The zero-order valence-corrected chi connectivity index (χ0v) is 28.5. The summed E-state index contributed by atoms with van der Waals surface area (Å²) in [6.45, 7) is 6.20. The minimum Gasteiger partial charge on any atom is -0.423 e. The molecule has 0 aliphatic rings. The van der Waals surface area contributed by atoms with Gasteiger partial charge < -0.3 is 57.2 Å². The Morgan fingerprint density at radius 3 is 2.06 bits per heavy atom. The van der Waals surface area contributed by atoms with E-state index in [4.69, 9.17) is 25.3 Å². The number of nitrogens with two attached hydrogens (primary N) is 1. The van der Waals surface area contributed by atoms with E-state index < -0.39 is 42.5 Å². The summed E-state index contributed by atoms with van der Waals surface area (Å²) in [5.41, 5.74) is 5.10. The van der Waals surface area contributed by atoms with Gasteiger partial charge >= 0.3 is 7.12 Å². The zero-order chi connectivity index (χ0) is 36.4. The van der Waals surface area contributed by atoms with E-state index in [1.54, 1.807) is 14.0 Å². The molecule has 0 aliphatic carbocycles. The third-order valence-corrected chi connectivity index (χ3v) is 7.18. The van der Waals surface area contributed by atoms with Crippen LogP contribution in [-0.4, -0.2) is 132 Å². The maximum Gasteiger partial charge on any atom is 0.488 e. The molecule has 4 amide bonds. The average Bonchev–Trinajstić information content (AvgIpc) is 3.06. The molecule has 0 aliphatic heterocycles. The molecule has 0 heterocycles. The third-order valence-electron chi connectivity index (χ3n) is 7.18. The molecule has 0 fully saturated rings. The first-order chi connectivity index (χ1) is 23.5. The minimum absolute atomic E-state index is 0.0454. The van der Waals surface area contributed by atoms with Crippen LogP contribution in [0.2, 0.25) is 0 Å². The second-order valence-electron chi connectivity index (χ2n) is 11.3. The van der Waals surface area contributed by atoms with Gasteiger partial charge in [-0.15, -0.1) is 0 Å². The van der Waals surface area contributed by atoms with Crippen molar-refractivity contribution in [1.29, 1.82) is 0 Å². The van der Waals surface area contributed by atoms with Gasteiger partial charge in [0.05, 0.1) is 24.7 Å². The maximum atomic E-state index is 14.1. The number of benzene rings is 1. The van der Waals surface area contributed by atoms with E-state index in [1.165, 1.54) is 6.07 Å². The number of ether oxygens (including phenoxy) is 2. The summed E-state index contributed by atoms with van der Waals surface area (Å²) in [5, 5.41) is 35.0. The smallest absolute Gasteiger partial charge is 0.423 e. The molecule has 2 unspecified atom stereocenters. The van der Waals surface area contributed by atoms with Crippen LogP contribution in [0, 0.1) is 17.7 Å². The summed E-state index contributed by atoms with van der Waals surface area (Å²) >= 11 is 0. The number of amides is 4. The van der Waals surface area contributed by atoms with E-state index in [1.807, 2.05) is 0 Å². The lowest BCUT2D eigenvalue weighted by molar-refractivity contribution is -0.134. The highest BCUT2D eigenvalue weighted by Gasteiger charge is 2.27. The van der Waals surface area contributed by atoms with Gasteiger partial charge in [-0.1, -0.05) is 13.0 Å². The van der Waals surface area contributed by atoms with E-state index in [9.17, 15) is 28.4 Å². The van der Waals surface area contributed by atoms with Gasteiger partial charge in [0.1, 0.15) is 11.6 Å². The zero-order valence-electron chi connectivity index (χ0n) is 28.5. The molecule has 2 atom stereocenters. The minimum atomic E-state index is -1.85. The van der Waals surface area contributed by atoms with Crippen molar-refractivity contribution >= 4 is 42.0 Å². The molecule has 49 heavy (non-hydrogen) atoms. The van der Waals surface area contributed by atoms with Crippen LogP contribution in [0.5, 0.6) is 0 Å². The van der Waals surface area contributed by atoms with Gasteiger partial charge in [-0.25, -0.2) is 4.39 Å². The highest BCUT2D eigenvalue weighted by Crippen LogP contribution is 2.16. The molecule has 0 radical (unpaired) electrons. The van der Waals surface area contributed by atoms with Crippen LogP contribution in [0.3, 0.4) is 0 Å². The molecule has 0 bridgehead atoms. The molecule has 0 saturated carbocycles. The molecule has 276 valence electrons. The average molecular weight is 698 g/mol. The first-order valence-electron chi connectivity index (χ1n) is 16.5. The Hall–Kier alpha value is -3.52. The predicted molar refractivity (Wildman–Crippen MR) is 181 cm³/mol. The van der Waals surface area contributed by atoms with Crippen molar-refractivity contribution in [3.05, 3.63) is 29.6 Å². The lowest BCUT2D eigenvalue weighted by atomic mass is 9.80. The number of halogens is 1. The van der Waals surface area contributed by atoms with Crippen molar-refractivity contribution in [3.63, 3.8) is 0 Å². The van der Waals surface area contributed by atoms with Crippen LogP contribution in [0.4, 0.5) is 4.39 Å². The molecule has 1 rings (SSSR count). The molecule has 0 spiro atoms. The number of Topliss-reactive ketones (excluding diaryl/α,β-unsaturated/α-hetero) is 1. The van der Waals surface area contributed by atoms with Crippen molar-refractivity contribution in [2.75, 3.05) is 85.8 Å². The lowest BCUT2D eigenvalue weighted by Gasteiger charge is -2.18. The van der Waals surface area contributed by atoms with Crippen LogP contribution in [0.15, 0.2) is 18.2 Å². The van der Waals surface area contributed by atoms with E-state index in [0.717, 1.165) is 12.1 Å². The Morgan fingerprint density at radius 1 is 0.816 bits per heavy atom. The third kappa shape index (κ3) is 19.9. The number of hydrogen-bond donors (Lipinski definition) is 9. The SMILES string of the molecule is COCCOCCCNC(=O)C(CC(=O)NCCNCCNC(=O)c1ccc(B(O)O)cc1F)CC(=O)C(C)CC(=O)NCCNCCN. The van der Waals surface area contributed by atoms with E-state index in [2.05, 4.69) is 31.9 Å². The van der Waals surface area contributed by atoms with Crippen LogP contribution in [-0.2, 0) is 28.7 Å².